The van der Waals surface area contributed by atoms with Gasteiger partial charge in [-0.3, -0.25) is 25.2 Å². The zero-order chi connectivity index (χ0) is 23.3. The Morgan fingerprint density at radius 3 is 2.74 bits per heavy atom. The van der Waals surface area contributed by atoms with Gasteiger partial charge in [-0.05, 0) is 73.4 Å². The minimum atomic E-state index is -0.358. The summed E-state index contributed by atoms with van der Waals surface area (Å²) < 4.78 is 5.51. The third kappa shape index (κ3) is 5.67. The summed E-state index contributed by atoms with van der Waals surface area (Å²) in [7, 11) is 0. The van der Waals surface area contributed by atoms with Gasteiger partial charge >= 0.3 is 0 Å². The van der Waals surface area contributed by atoms with Gasteiger partial charge in [-0.1, -0.05) is 18.2 Å². The van der Waals surface area contributed by atoms with Crippen molar-refractivity contribution >= 4 is 29.1 Å². The molecule has 5 rings (SSSR count). The van der Waals surface area contributed by atoms with E-state index >= 15 is 0 Å². The van der Waals surface area contributed by atoms with Crippen LogP contribution in [-0.4, -0.2) is 35.7 Å². The normalized spacial score (nSPS) is 25.8. The first-order chi connectivity index (χ1) is 16.6. The fraction of sp³-hybridized carbons (Fsp3) is 0.320. The molecule has 1 aliphatic carbocycles. The van der Waals surface area contributed by atoms with Crippen molar-refractivity contribution in [2.75, 3.05) is 0 Å². The molecule has 0 spiro atoms. The van der Waals surface area contributed by atoms with Crippen molar-refractivity contribution in [3.8, 4) is 11.3 Å². The van der Waals surface area contributed by atoms with Gasteiger partial charge in [-0.2, -0.15) is 0 Å². The quantitative estimate of drug-likeness (QED) is 0.451. The van der Waals surface area contributed by atoms with Gasteiger partial charge in [0.1, 0.15) is 5.76 Å². The highest BCUT2D eigenvalue weighted by Gasteiger charge is 2.27. The summed E-state index contributed by atoms with van der Waals surface area (Å²) in [5, 5.41) is 12.5. The van der Waals surface area contributed by atoms with Crippen molar-refractivity contribution < 1.29 is 14.0 Å². The molecular weight excluding hydrogens is 450 g/mol. The summed E-state index contributed by atoms with van der Waals surface area (Å²) in [5.41, 5.74) is 3.10. The molecule has 3 aliphatic rings. The molecule has 4 N–H and O–H groups in total. The highest BCUT2D eigenvalue weighted by molar-refractivity contribution is 8.18. The maximum atomic E-state index is 11.8. The molecule has 8 nitrogen and oxygen atoms in total. The van der Waals surface area contributed by atoms with Crippen LogP contribution in [0.3, 0.4) is 0 Å². The zero-order valence-corrected chi connectivity index (χ0v) is 19.4. The van der Waals surface area contributed by atoms with E-state index < -0.39 is 0 Å². The molecule has 3 heterocycles. The number of amides is 2. The molecule has 9 heteroatoms. The number of carbonyl (C=O) groups is 2. The average molecular weight is 478 g/mol. The predicted octanol–water partition coefficient (Wildman–Crippen LogP) is 3.65. The van der Waals surface area contributed by atoms with E-state index in [0.717, 1.165) is 61.0 Å². The van der Waals surface area contributed by atoms with Crippen molar-refractivity contribution in [2.24, 2.45) is 4.99 Å². The van der Waals surface area contributed by atoms with Crippen LogP contribution in [0.25, 0.3) is 11.3 Å². The van der Waals surface area contributed by atoms with Crippen LogP contribution < -0.4 is 21.3 Å². The van der Waals surface area contributed by atoms with E-state index in [2.05, 4.69) is 50.5 Å². The lowest BCUT2D eigenvalue weighted by molar-refractivity contribution is -0.115. The monoisotopic (exact) mass is 477 g/mol. The minimum absolute atomic E-state index is 0.249. The Bertz CT molecular complexity index is 1130. The second-order valence-electron chi connectivity index (χ2n) is 8.59. The Labute approximate surface area is 202 Å². The number of thioether (sulfide) groups is 1. The van der Waals surface area contributed by atoms with Crippen molar-refractivity contribution in [2.45, 2.75) is 50.6 Å². The van der Waals surface area contributed by atoms with Crippen molar-refractivity contribution in [1.82, 2.24) is 21.3 Å². The molecule has 0 bridgehead atoms. The third-order valence-corrected chi connectivity index (χ3v) is 6.98. The molecule has 2 fully saturated rings. The number of imide groups is 1. The van der Waals surface area contributed by atoms with Crippen LogP contribution in [0.5, 0.6) is 0 Å². The molecule has 2 aromatic rings. The Balaban J connectivity index is 1.07. The van der Waals surface area contributed by atoms with Gasteiger partial charge in [0.15, 0.2) is 6.29 Å². The number of aliphatic imine (C=N–C) groups is 1. The SMILES string of the molecule is O=C1NC(=O)/C(=C/C2=CC=NC(NC3CCC(NCc4cccc(-c5ccco5)c4)CC3)N2)S1. The molecular formula is C25H27N5O3S. The molecule has 2 amide bonds. The van der Waals surface area contributed by atoms with Gasteiger partial charge in [0, 0.05) is 36.1 Å². The summed E-state index contributed by atoms with van der Waals surface area (Å²) >= 11 is 0.912. The molecule has 1 aromatic heterocycles. The Morgan fingerprint density at radius 2 is 1.97 bits per heavy atom. The van der Waals surface area contributed by atoms with E-state index in [1.807, 2.05) is 12.1 Å². The number of allylic oxidation sites excluding steroid dienone is 2. The van der Waals surface area contributed by atoms with E-state index in [4.69, 9.17) is 4.42 Å². The Morgan fingerprint density at radius 1 is 1.12 bits per heavy atom. The maximum absolute atomic E-state index is 11.8. The summed E-state index contributed by atoms with van der Waals surface area (Å²) in [6.45, 7) is 0.836. The largest absolute Gasteiger partial charge is 0.464 e. The van der Waals surface area contributed by atoms with Crippen LogP contribution in [0, 0.1) is 0 Å². The fourth-order valence-electron chi connectivity index (χ4n) is 4.42. The number of carbonyl (C=O) groups excluding carboxylic acids is 2. The first kappa shape index (κ1) is 22.6. The smallest absolute Gasteiger partial charge is 0.290 e. The summed E-state index contributed by atoms with van der Waals surface area (Å²) in [6.07, 6.45) is 11.0. The molecule has 0 radical (unpaired) electrons. The van der Waals surface area contributed by atoms with Gasteiger partial charge < -0.3 is 15.1 Å². The summed E-state index contributed by atoms with van der Waals surface area (Å²) in [6, 6.07) is 13.2. The van der Waals surface area contributed by atoms with Crippen LogP contribution in [-0.2, 0) is 11.3 Å². The molecule has 176 valence electrons. The van der Waals surface area contributed by atoms with Crippen molar-refractivity contribution in [1.29, 1.82) is 0 Å². The van der Waals surface area contributed by atoms with Crippen molar-refractivity contribution in [3.05, 3.63) is 71.0 Å². The van der Waals surface area contributed by atoms with Crippen LogP contribution >= 0.6 is 11.8 Å². The molecule has 1 atom stereocenters. The molecule has 1 saturated carbocycles. The van der Waals surface area contributed by atoms with Crippen molar-refractivity contribution in [3.63, 3.8) is 0 Å². The lowest BCUT2D eigenvalue weighted by atomic mass is 9.91. The molecule has 1 aromatic carbocycles. The number of rotatable bonds is 7. The topological polar surface area (TPSA) is 108 Å². The standard InChI is InChI=1S/C25H27N5O3S/c31-23-22(34-25(32)30-23)14-20-10-11-26-24(29-20)28-19-8-6-18(7-9-19)27-15-16-3-1-4-17(13-16)21-5-2-12-33-21/h1-5,10-14,18-19,24,27-29H,6-9,15H2,(H,30,31,32)/b22-14-. The summed E-state index contributed by atoms with van der Waals surface area (Å²) in [4.78, 5) is 28.0. The predicted molar refractivity (Wildman–Crippen MR) is 133 cm³/mol. The van der Waals surface area contributed by atoms with Crippen LogP contribution in [0.2, 0.25) is 0 Å². The zero-order valence-electron chi connectivity index (χ0n) is 18.6. The molecule has 34 heavy (non-hydrogen) atoms. The van der Waals surface area contributed by atoms with Gasteiger partial charge in [0.05, 0.1) is 11.2 Å². The van der Waals surface area contributed by atoms with Crippen LogP contribution in [0.1, 0.15) is 31.2 Å². The van der Waals surface area contributed by atoms with Gasteiger partial charge in [0.2, 0.25) is 0 Å². The van der Waals surface area contributed by atoms with Gasteiger partial charge in [-0.25, -0.2) is 0 Å². The lowest BCUT2D eigenvalue weighted by Gasteiger charge is -2.32. The fourth-order valence-corrected chi connectivity index (χ4v) is 5.09. The lowest BCUT2D eigenvalue weighted by Crippen LogP contribution is -2.49. The third-order valence-electron chi connectivity index (χ3n) is 6.17. The highest BCUT2D eigenvalue weighted by Crippen LogP contribution is 2.25. The number of nitrogens with one attached hydrogen (secondary N) is 4. The number of furan rings is 1. The second kappa shape index (κ2) is 10.4. The first-order valence-corrected chi connectivity index (χ1v) is 12.3. The number of hydrogen-bond acceptors (Lipinski definition) is 8. The number of nitrogens with zero attached hydrogens (tertiary/aromatic N) is 1. The first-order valence-electron chi connectivity index (χ1n) is 11.5. The summed E-state index contributed by atoms with van der Waals surface area (Å²) in [5.74, 6) is 0.531. The van der Waals surface area contributed by atoms with Gasteiger partial charge in [0.25, 0.3) is 11.1 Å². The van der Waals surface area contributed by atoms with Crippen LogP contribution in [0.15, 0.2) is 74.8 Å². The molecule has 1 unspecified atom stereocenters. The maximum Gasteiger partial charge on any atom is 0.290 e. The van der Waals surface area contributed by atoms with E-state index in [0.29, 0.717) is 17.0 Å². The Kier molecular flexibility index (Phi) is 6.94. The van der Waals surface area contributed by atoms with Crippen LogP contribution in [0.4, 0.5) is 4.79 Å². The van der Waals surface area contributed by atoms with E-state index in [1.165, 1.54) is 5.56 Å². The van der Waals surface area contributed by atoms with E-state index in [-0.39, 0.29) is 17.4 Å². The Hall–Kier alpha value is -3.14. The van der Waals surface area contributed by atoms with E-state index in [9.17, 15) is 9.59 Å². The number of hydrogen-bond donors (Lipinski definition) is 4. The second-order valence-corrected chi connectivity index (χ2v) is 9.61. The number of benzene rings is 1. The van der Waals surface area contributed by atoms with E-state index in [1.54, 1.807) is 24.6 Å². The van der Waals surface area contributed by atoms with Gasteiger partial charge in [-0.15, -0.1) is 0 Å². The average Bonchev–Trinajstić information content (AvgIpc) is 3.49. The molecule has 2 aliphatic heterocycles. The minimum Gasteiger partial charge on any atom is -0.464 e. The highest BCUT2D eigenvalue weighted by atomic mass is 32.2. The molecule has 1 saturated heterocycles.